The highest BCUT2D eigenvalue weighted by Crippen LogP contribution is 2.29. The van der Waals surface area contributed by atoms with Crippen molar-refractivity contribution in [2.24, 2.45) is 0 Å². The first-order valence-corrected chi connectivity index (χ1v) is 7.12. The molecule has 1 aliphatic rings. The lowest BCUT2D eigenvalue weighted by Crippen LogP contribution is -2.07. The third kappa shape index (κ3) is 3.32. The number of hydrogen-bond acceptors (Lipinski definition) is 2. The highest BCUT2D eigenvalue weighted by molar-refractivity contribution is 8.00. The van der Waals surface area contributed by atoms with E-state index in [-0.39, 0.29) is 11.6 Å². The van der Waals surface area contributed by atoms with Gasteiger partial charge in [-0.3, -0.25) is 4.79 Å². The van der Waals surface area contributed by atoms with Crippen molar-refractivity contribution in [3.8, 4) is 0 Å². The molecule has 0 bridgehead atoms. The van der Waals surface area contributed by atoms with Crippen molar-refractivity contribution in [1.82, 2.24) is 0 Å². The molecular formula is C14H17FOS. The van der Waals surface area contributed by atoms with Crippen molar-refractivity contribution in [2.45, 2.75) is 37.9 Å². The quantitative estimate of drug-likeness (QED) is 0.754. The second-order valence-corrected chi connectivity index (χ2v) is 5.89. The number of Topliss-reactive ketones (excluding diaryl/α,β-unsaturated/α-hetero) is 1. The number of rotatable bonds is 4. The third-order valence-corrected chi connectivity index (χ3v) is 4.60. The molecule has 0 atom stereocenters. The Morgan fingerprint density at radius 3 is 2.76 bits per heavy atom. The summed E-state index contributed by atoms with van der Waals surface area (Å²) in [6.07, 6.45) is 5.06. The fraction of sp³-hybridized carbons (Fsp3) is 0.500. The number of ketones is 1. The number of hydrogen-bond donors (Lipinski definition) is 0. The van der Waals surface area contributed by atoms with Crippen LogP contribution in [-0.2, 0) is 0 Å². The lowest BCUT2D eigenvalue weighted by atomic mass is 10.1. The van der Waals surface area contributed by atoms with E-state index in [9.17, 15) is 9.18 Å². The maximum Gasteiger partial charge on any atom is 0.172 e. The van der Waals surface area contributed by atoms with Crippen LogP contribution in [0.25, 0.3) is 0 Å². The Morgan fingerprint density at radius 2 is 2.12 bits per heavy atom. The van der Waals surface area contributed by atoms with Crippen LogP contribution in [0.1, 0.15) is 41.6 Å². The minimum Gasteiger partial charge on any atom is -0.293 e. The largest absolute Gasteiger partial charge is 0.293 e. The van der Waals surface area contributed by atoms with Crippen molar-refractivity contribution < 1.29 is 9.18 Å². The zero-order valence-electron chi connectivity index (χ0n) is 10.0. The molecule has 3 heteroatoms. The third-order valence-electron chi connectivity index (χ3n) is 3.23. The van der Waals surface area contributed by atoms with Gasteiger partial charge in [0.05, 0.1) is 5.75 Å². The smallest absolute Gasteiger partial charge is 0.172 e. The molecule has 2 rings (SSSR count). The van der Waals surface area contributed by atoms with E-state index in [0.29, 0.717) is 22.1 Å². The van der Waals surface area contributed by atoms with Crippen LogP contribution in [-0.4, -0.2) is 16.8 Å². The molecule has 17 heavy (non-hydrogen) atoms. The molecule has 0 heterocycles. The molecule has 0 saturated heterocycles. The summed E-state index contributed by atoms with van der Waals surface area (Å²) >= 11 is 1.75. The van der Waals surface area contributed by atoms with Crippen LogP contribution in [0.4, 0.5) is 4.39 Å². The van der Waals surface area contributed by atoms with E-state index in [1.165, 1.54) is 31.7 Å². The van der Waals surface area contributed by atoms with Crippen molar-refractivity contribution >= 4 is 17.5 Å². The Bertz CT molecular complexity index is 411. The molecule has 0 radical (unpaired) electrons. The molecule has 0 aliphatic heterocycles. The van der Waals surface area contributed by atoms with Gasteiger partial charge in [-0.15, -0.1) is 0 Å². The molecule has 0 spiro atoms. The molecule has 1 aromatic rings. The Hall–Kier alpha value is -0.830. The van der Waals surface area contributed by atoms with Crippen LogP contribution >= 0.6 is 11.8 Å². The van der Waals surface area contributed by atoms with Gasteiger partial charge in [-0.25, -0.2) is 4.39 Å². The normalized spacial score (nSPS) is 16.4. The van der Waals surface area contributed by atoms with Gasteiger partial charge in [-0.1, -0.05) is 12.8 Å². The molecule has 0 aromatic heterocycles. The van der Waals surface area contributed by atoms with Crippen molar-refractivity contribution in [1.29, 1.82) is 0 Å². The summed E-state index contributed by atoms with van der Waals surface area (Å²) in [4.78, 5) is 11.9. The fourth-order valence-electron chi connectivity index (χ4n) is 2.15. The van der Waals surface area contributed by atoms with Crippen LogP contribution in [0.3, 0.4) is 0 Å². The van der Waals surface area contributed by atoms with E-state index >= 15 is 0 Å². The molecule has 1 saturated carbocycles. The number of benzene rings is 1. The van der Waals surface area contributed by atoms with Crippen molar-refractivity contribution in [3.63, 3.8) is 0 Å². The average molecular weight is 252 g/mol. The summed E-state index contributed by atoms with van der Waals surface area (Å²) in [5, 5.41) is 0.653. The van der Waals surface area contributed by atoms with Gasteiger partial charge in [0.2, 0.25) is 0 Å². The van der Waals surface area contributed by atoms with E-state index in [1.807, 2.05) is 0 Å². The summed E-state index contributed by atoms with van der Waals surface area (Å²) < 4.78 is 13.1. The molecule has 0 unspecified atom stereocenters. The lowest BCUT2D eigenvalue weighted by molar-refractivity contribution is 0.102. The van der Waals surface area contributed by atoms with E-state index in [1.54, 1.807) is 30.8 Å². The lowest BCUT2D eigenvalue weighted by Gasteiger charge is -2.08. The Morgan fingerprint density at radius 1 is 1.41 bits per heavy atom. The molecular weight excluding hydrogens is 235 g/mol. The fourth-order valence-corrected chi connectivity index (χ4v) is 3.37. The molecule has 1 aromatic carbocycles. The molecule has 1 fully saturated rings. The molecule has 92 valence electrons. The van der Waals surface area contributed by atoms with Gasteiger partial charge in [0.25, 0.3) is 0 Å². The Balaban J connectivity index is 1.92. The van der Waals surface area contributed by atoms with Crippen molar-refractivity contribution in [3.05, 3.63) is 35.1 Å². The Kier molecular flexibility index (Phi) is 4.21. The topological polar surface area (TPSA) is 17.1 Å². The zero-order chi connectivity index (χ0) is 12.3. The van der Waals surface area contributed by atoms with Crippen LogP contribution in [0, 0.1) is 12.7 Å². The molecule has 1 aliphatic carbocycles. The van der Waals surface area contributed by atoms with Gasteiger partial charge in [-0.05, 0) is 43.5 Å². The predicted molar refractivity (Wildman–Crippen MR) is 70.2 cm³/mol. The first-order chi connectivity index (χ1) is 8.16. The average Bonchev–Trinajstić information content (AvgIpc) is 2.82. The molecule has 0 amide bonds. The van der Waals surface area contributed by atoms with E-state index in [4.69, 9.17) is 0 Å². The van der Waals surface area contributed by atoms with Gasteiger partial charge in [0.15, 0.2) is 5.78 Å². The van der Waals surface area contributed by atoms with Crippen LogP contribution in [0.5, 0.6) is 0 Å². The van der Waals surface area contributed by atoms with Gasteiger partial charge in [-0.2, -0.15) is 11.8 Å². The maximum absolute atomic E-state index is 13.1. The van der Waals surface area contributed by atoms with Crippen molar-refractivity contribution in [2.75, 3.05) is 5.75 Å². The SMILES string of the molecule is Cc1cc(C(=O)CSC2CCCC2)ccc1F. The molecule has 0 N–H and O–H groups in total. The standard InChI is InChI=1S/C14H17FOS/c1-10-8-11(6-7-13(10)15)14(16)9-17-12-4-2-3-5-12/h6-8,12H,2-5,9H2,1H3. The van der Waals surface area contributed by atoms with E-state index in [0.717, 1.165) is 0 Å². The van der Waals surface area contributed by atoms with Gasteiger partial charge in [0.1, 0.15) is 5.82 Å². The number of carbonyl (C=O) groups excluding carboxylic acids is 1. The van der Waals surface area contributed by atoms with Gasteiger partial charge in [0, 0.05) is 10.8 Å². The van der Waals surface area contributed by atoms with Gasteiger partial charge < -0.3 is 0 Å². The zero-order valence-corrected chi connectivity index (χ0v) is 10.9. The monoisotopic (exact) mass is 252 g/mol. The summed E-state index contributed by atoms with van der Waals surface area (Å²) in [6.45, 7) is 1.69. The second-order valence-electron chi connectivity index (χ2n) is 4.60. The minimum absolute atomic E-state index is 0.116. The van der Waals surface area contributed by atoms with E-state index in [2.05, 4.69) is 0 Å². The number of carbonyl (C=O) groups is 1. The first kappa shape index (κ1) is 12.6. The first-order valence-electron chi connectivity index (χ1n) is 6.08. The van der Waals surface area contributed by atoms with Crippen LogP contribution in [0.2, 0.25) is 0 Å². The van der Waals surface area contributed by atoms with Crippen LogP contribution < -0.4 is 0 Å². The summed E-state index contributed by atoms with van der Waals surface area (Å²) in [5.74, 6) is 0.394. The number of aryl methyl sites for hydroxylation is 1. The highest BCUT2D eigenvalue weighted by atomic mass is 32.2. The number of halogens is 1. The summed E-state index contributed by atoms with van der Waals surface area (Å²) in [7, 11) is 0. The second kappa shape index (κ2) is 5.67. The number of thioether (sulfide) groups is 1. The van der Waals surface area contributed by atoms with Gasteiger partial charge >= 0.3 is 0 Å². The Labute approximate surface area is 106 Å². The minimum atomic E-state index is -0.245. The summed E-state index contributed by atoms with van der Waals surface area (Å²) in [5.41, 5.74) is 1.18. The summed E-state index contributed by atoms with van der Waals surface area (Å²) in [6, 6.07) is 4.61. The van der Waals surface area contributed by atoms with E-state index < -0.39 is 0 Å². The van der Waals surface area contributed by atoms with Crippen LogP contribution in [0.15, 0.2) is 18.2 Å². The predicted octanol–water partition coefficient (Wildman–Crippen LogP) is 3.99. The highest BCUT2D eigenvalue weighted by Gasteiger charge is 2.17. The maximum atomic E-state index is 13.1. The molecule has 1 nitrogen and oxygen atoms in total.